The number of allylic oxidation sites excluding steroid dienone is 1. The largest absolute Gasteiger partial charge is 0.103 e. The Kier molecular flexibility index (Phi) is 26.0. The van der Waals surface area contributed by atoms with E-state index in [2.05, 4.69) is 62.0 Å². The molecule has 0 aliphatic carbocycles. The fourth-order valence-electron chi connectivity index (χ4n) is 2.70. The molecule has 0 saturated heterocycles. The molecule has 0 fully saturated rings. The molecule has 0 heterocycles. The van der Waals surface area contributed by atoms with E-state index < -0.39 is 8.07 Å². The molecule has 22 heavy (non-hydrogen) atoms. The lowest BCUT2D eigenvalue weighted by molar-refractivity contribution is 0.852. The van der Waals surface area contributed by atoms with Crippen molar-refractivity contribution in [1.29, 1.82) is 0 Å². The van der Waals surface area contributed by atoms with Crippen LogP contribution in [0.3, 0.4) is 0 Å². The Labute approximate surface area is 146 Å². The number of hydrogen-bond donors (Lipinski definition) is 0. The Bertz CT molecular complexity index is 180. The first-order valence-electron chi connectivity index (χ1n) is 10.1. The van der Waals surface area contributed by atoms with Crippen LogP contribution in [0.2, 0.25) is 42.3 Å². The smallest absolute Gasteiger partial charge is 0.0527 e. The summed E-state index contributed by atoms with van der Waals surface area (Å²) in [5, 5.41) is 0. The minimum absolute atomic E-state index is 0.171. The normalized spacial score (nSPS) is 10.4. The van der Waals surface area contributed by atoms with Crippen molar-refractivity contribution in [3.05, 3.63) is 12.7 Å². The summed E-state index contributed by atoms with van der Waals surface area (Å²) in [4.78, 5) is 0. The molecule has 0 atom stereocenters. The second-order valence-corrected chi connectivity index (χ2v) is 16.3. The molecule has 0 aromatic rings. The van der Waals surface area contributed by atoms with Gasteiger partial charge in [-0.15, -0.1) is 6.58 Å². The van der Waals surface area contributed by atoms with Crippen LogP contribution in [0.1, 0.15) is 74.7 Å². The van der Waals surface area contributed by atoms with Gasteiger partial charge in [0.1, 0.15) is 0 Å². The van der Waals surface area contributed by atoms with Crippen molar-refractivity contribution in [2.75, 3.05) is 0 Å². The predicted molar refractivity (Wildman–Crippen MR) is 116 cm³/mol. The molecule has 0 aromatic carbocycles. The fraction of sp³-hybridized carbons (Fsp3) is 0.900. The summed E-state index contributed by atoms with van der Waals surface area (Å²) < 4.78 is 0. The van der Waals surface area contributed by atoms with Gasteiger partial charge in [-0.3, -0.25) is 0 Å². The zero-order valence-corrected chi connectivity index (χ0v) is 19.6. The van der Waals surface area contributed by atoms with Gasteiger partial charge in [0.05, 0.1) is 8.07 Å². The second-order valence-electron chi connectivity index (χ2n) is 6.45. The monoisotopic (exact) mass is 344 g/mol. The van der Waals surface area contributed by atoms with Crippen LogP contribution in [0, 0.1) is 0 Å². The fourth-order valence-corrected chi connectivity index (χ4v) is 8.09. The molecule has 0 N–H and O–H groups in total. The lowest BCUT2D eigenvalue weighted by Crippen LogP contribution is -2.30. The molecule has 0 nitrogen and oxygen atoms in total. The third-order valence-corrected chi connectivity index (χ3v) is 14.7. The van der Waals surface area contributed by atoms with Gasteiger partial charge in [-0.05, 0) is 6.42 Å². The number of rotatable bonds is 10. The Balaban J connectivity index is -0.000000280. The van der Waals surface area contributed by atoms with Crippen LogP contribution in [0.4, 0.5) is 0 Å². The first-order chi connectivity index (χ1) is 10.5. The molecule has 0 spiro atoms. The van der Waals surface area contributed by atoms with Gasteiger partial charge in [0.25, 0.3) is 0 Å². The van der Waals surface area contributed by atoms with Crippen LogP contribution in [0.25, 0.3) is 0 Å². The molecule has 0 rings (SSSR count). The molecule has 0 aromatic heterocycles. The highest BCUT2D eigenvalue weighted by molar-refractivity contribution is 6.79. The van der Waals surface area contributed by atoms with E-state index in [1.807, 2.05) is 6.08 Å². The predicted octanol–water partition coefficient (Wildman–Crippen LogP) is 8.15. The van der Waals surface area contributed by atoms with Gasteiger partial charge >= 0.3 is 0 Å². The zero-order valence-electron chi connectivity index (χ0n) is 17.4. The maximum absolute atomic E-state index is 3.48. The van der Waals surface area contributed by atoms with E-state index in [0.717, 1.165) is 6.42 Å². The molecule has 0 bridgehead atoms. The Morgan fingerprint density at radius 2 is 1.14 bits per heavy atom. The van der Waals surface area contributed by atoms with E-state index in [9.17, 15) is 0 Å². The first kappa shape index (κ1) is 27.0. The van der Waals surface area contributed by atoms with Crippen LogP contribution in [-0.2, 0) is 0 Å². The summed E-state index contributed by atoms with van der Waals surface area (Å²) in [6, 6.07) is 10.6. The molecular weight excluding hydrogens is 296 g/mol. The maximum atomic E-state index is 3.48. The standard InChI is InChI=1S/C10H24Si.C6H16Si.C4H8/c1-5-9-10-11(6-2,7-3)8-4;1-4-7(5-2)6-3;1-3-4-2/h5-10H2,1-4H3;7H,4-6H2,1-3H3;3H,1,4H2,2H3. The minimum atomic E-state index is -0.738. The van der Waals surface area contributed by atoms with E-state index in [1.165, 1.54) is 49.1 Å². The SMILES string of the molecule is C=CCC.CCCC[Si](CC)(CC)CC.CC[SiH](CC)CC. The summed E-state index contributed by atoms with van der Waals surface area (Å²) in [5.41, 5.74) is 0. The van der Waals surface area contributed by atoms with Crippen LogP contribution >= 0.6 is 0 Å². The molecule has 2 heteroatoms. The van der Waals surface area contributed by atoms with Crippen LogP contribution in [-0.4, -0.2) is 16.9 Å². The van der Waals surface area contributed by atoms with E-state index in [4.69, 9.17) is 0 Å². The number of hydrogen-bond acceptors (Lipinski definition) is 0. The third kappa shape index (κ3) is 16.5. The second kappa shape index (κ2) is 21.2. The van der Waals surface area contributed by atoms with E-state index in [-0.39, 0.29) is 8.80 Å². The van der Waals surface area contributed by atoms with Crippen LogP contribution in [0.5, 0.6) is 0 Å². The van der Waals surface area contributed by atoms with Crippen LogP contribution < -0.4 is 0 Å². The average Bonchev–Trinajstić information content (AvgIpc) is 2.59. The van der Waals surface area contributed by atoms with Crippen molar-refractivity contribution in [1.82, 2.24) is 0 Å². The molecule has 0 saturated carbocycles. The highest BCUT2D eigenvalue weighted by atomic mass is 28.3. The highest BCUT2D eigenvalue weighted by Crippen LogP contribution is 2.26. The number of unbranched alkanes of at least 4 members (excludes halogenated alkanes) is 1. The van der Waals surface area contributed by atoms with Crippen molar-refractivity contribution in [3.8, 4) is 0 Å². The molecule has 136 valence electrons. The summed E-state index contributed by atoms with van der Waals surface area (Å²) in [6.07, 6.45) is 5.82. The third-order valence-electron chi connectivity index (χ3n) is 5.33. The molecule has 0 unspecified atom stereocenters. The van der Waals surface area contributed by atoms with E-state index >= 15 is 0 Å². The average molecular weight is 345 g/mol. The summed E-state index contributed by atoms with van der Waals surface area (Å²) in [5.74, 6) is 0. The first-order valence-corrected chi connectivity index (χ1v) is 15.4. The van der Waals surface area contributed by atoms with Gasteiger partial charge in [-0.25, -0.2) is 0 Å². The van der Waals surface area contributed by atoms with Gasteiger partial charge in [-0.2, -0.15) is 0 Å². The van der Waals surface area contributed by atoms with E-state index in [0.29, 0.717) is 0 Å². The molecule has 0 aliphatic rings. The Morgan fingerprint density at radius 1 is 0.773 bits per heavy atom. The summed E-state index contributed by atoms with van der Waals surface area (Å²) in [6.45, 7) is 22.0. The van der Waals surface area contributed by atoms with Gasteiger partial charge in [-0.1, -0.05) is 117 Å². The minimum Gasteiger partial charge on any atom is -0.103 e. The molecule has 0 aliphatic heterocycles. The summed E-state index contributed by atoms with van der Waals surface area (Å²) >= 11 is 0. The topological polar surface area (TPSA) is 0 Å². The molecule has 0 amide bonds. The van der Waals surface area contributed by atoms with Crippen molar-refractivity contribution in [2.24, 2.45) is 0 Å². The van der Waals surface area contributed by atoms with Gasteiger partial charge in [0, 0.05) is 8.80 Å². The van der Waals surface area contributed by atoms with Crippen LogP contribution in [0.15, 0.2) is 12.7 Å². The van der Waals surface area contributed by atoms with E-state index in [1.54, 1.807) is 6.04 Å². The Morgan fingerprint density at radius 3 is 1.27 bits per heavy atom. The van der Waals surface area contributed by atoms with Gasteiger partial charge < -0.3 is 0 Å². The lowest BCUT2D eigenvalue weighted by atomic mass is 10.4. The lowest BCUT2D eigenvalue weighted by Gasteiger charge is -2.27. The van der Waals surface area contributed by atoms with Crippen molar-refractivity contribution in [2.45, 2.75) is 117 Å². The molecule has 0 radical (unpaired) electrons. The van der Waals surface area contributed by atoms with Crippen molar-refractivity contribution < 1.29 is 0 Å². The van der Waals surface area contributed by atoms with Crippen molar-refractivity contribution in [3.63, 3.8) is 0 Å². The van der Waals surface area contributed by atoms with Gasteiger partial charge in [0.2, 0.25) is 0 Å². The quantitative estimate of drug-likeness (QED) is 0.277. The maximum Gasteiger partial charge on any atom is 0.0527 e. The van der Waals surface area contributed by atoms with Gasteiger partial charge in [0.15, 0.2) is 0 Å². The molecular formula is C20H48Si2. The highest BCUT2D eigenvalue weighted by Gasteiger charge is 2.24. The Hall–Kier alpha value is 0.174. The zero-order chi connectivity index (χ0) is 17.9. The summed E-state index contributed by atoms with van der Waals surface area (Å²) in [7, 11) is -0.910. The van der Waals surface area contributed by atoms with Crippen molar-refractivity contribution >= 4 is 16.9 Å².